The fourth-order valence-corrected chi connectivity index (χ4v) is 3.39. The summed E-state index contributed by atoms with van der Waals surface area (Å²) in [6.07, 6.45) is -0.0639. The van der Waals surface area contributed by atoms with Crippen molar-refractivity contribution in [2.45, 2.75) is 32.6 Å². The number of aryl methyl sites for hydroxylation is 1. The van der Waals surface area contributed by atoms with Crippen molar-refractivity contribution in [2.24, 2.45) is 0 Å². The summed E-state index contributed by atoms with van der Waals surface area (Å²) < 4.78 is 5.56. The number of amides is 1. The lowest BCUT2D eigenvalue weighted by atomic mass is 10.0. The Morgan fingerprint density at radius 1 is 1.18 bits per heavy atom. The highest BCUT2D eigenvalue weighted by atomic mass is 16.5. The van der Waals surface area contributed by atoms with E-state index in [4.69, 9.17) is 4.74 Å². The van der Waals surface area contributed by atoms with Crippen molar-refractivity contribution >= 4 is 22.8 Å². The first-order valence-corrected chi connectivity index (χ1v) is 9.40. The molecule has 2 atom stereocenters. The Bertz CT molecular complexity index is 993. The van der Waals surface area contributed by atoms with E-state index < -0.39 is 6.29 Å². The number of anilines is 1. The molecule has 4 rings (SSSR count). The molecule has 1 aromatic heterocycles. The molecular formula is C21H23N5O2. The van der Waals surface area contributed by atoms with Gasteiger partial charge < -0.3 is 15.4 Å². The van der Waals surface area contributed by atoms with Crippen LogP contribution in [-0.4, -0.2) is 28.8 Å². The number of carbonyl (C=O) groups excluding carboxylic acids is 1. The summed E-state index contributed by atoms with van der Waals surface area (Å²) in [6.45, 7) is 4.50. The smallest absolute Gasteiger partial charge is 0.226 e. The molecule has 144 valence electrons. The van der Waals surface area contributed by atoms with Gasteiger partial charge >= 0.3 is 0 Å². The van der Waals surface area contributed by atoms with Crippen LogP contribution in [0.15, 0.2) is 48.5 Å². The Morgan fingerprint density at radius 3 is 2.79 bits per heavy atom. The van der Waals surface area contributed by atoms with E-state index in [9.17, 15) is 4.79 Å². The zero-order chi connectivity index (χ0) is 19.5. The maximum absolute atomic E-state index is 12.2. The number of fused-ring (bicyclic) bond motifs is 1. The maximum atomic E-state index is 12.2. The molecule has 7 heteroatoms. The monoisotopic (exact) mass is 377 g/mol. The molecule has 1 amide bonds. The summed E-state index contributed by atoms with van der Waals surface area (Å²) in [7, 11) is 0. The van der Waals surface area contributed by atoms with Crippen LogP contribution in [0.5, 0.6) is 5.75 Å². The number of carbonyl (C=O) groups is 1. The van der Waals surface area contributed by atoms with Crippen LogP contribution < -0.4 is 20.7 Å². The molecule has 7 nitrogen and oxygen atoms in total. The lowest BCUT2D eigenvalue weighted by Gasteiger charge is -2.32. The first-order valence-electron chi connectivity index (χ1n) is 9.40. The van der Waals surface area contributed by atoms with Crippen molar-refractivity contribution in [1.82, 2.24) is 20.6 Å². The van der Waals surface area contributed by atoms with Crippen LogP contribution in [0.25, 0.3) is 10.9 Å². The molecule has 1 saturated heterocycles. The topological polar surface area (TPSA) is 88.2 Å². The van der Waals surface area contributed by atoms with Gasteiger partial charge in [0.05, 0.1) is 17.8 Å². The van der Waals surface area contributed by atoms with E-state index in [1.165, 1.54) is 0 Å². The Hall–Kier alpha value is -3.19. The van der Waals surface area contributed by atoms with E-state index in [0.717, 1.165) is 27.9 Å². The normalized spacial score (nSPS) is 19.3. The average Bonchev–Trinajstić information content (AvgIpc) is 2.69. The van der Waals surface area contributed by atoms with E-state index in [1.54, 1.807) is 0 Å². The van der Waals surface area contributed by atoms with Gasteiger partial charge in [0.2, 0.25) is 11.9 Å². The lowest BCUT2D eigenvalue weighted by Crippen LogP contribution is -2.56. The zero-order valence-corrected chi connectivity index (χ0v) is 15.9. The second-order valence-electron chi connectivity index (χ2n) is 6.72. The third-order valence-electron chi connectivity index (χ3n) is 4.71. The van der Waals surface area contributed by atoms with Gasteiger partial charge in [-0.15, -0.1) is 0 Å². The van der Waals surface area contributed by atoms with Gasteiger partial charge in [0.1, 0.15) is 5.75 Å². The van der Waals surface area contributed by atoms with Crippen molar-refractivity contribution < 1.29 is 9.53 Å². The molecule has 0 aliphatic carbocycles. The molecule has 3 N–H and O–H groups in total. The Morgan fingerprint density at radius 2 is 2.00 bits per heavy atom. The molecule has 2 aromatic carbocycles. The van der Waals surface area contributed by atoms with Crippen LogP contribution in [0.3, 0.4) is 0 Å². The van der Waals surface area contributed by atoms with E-state index >= 15 is 0 Å². The fraction of sp³-hybridized carbons (Fsp3) is 0.286. The molecule has 28 heavy (non-hydrogen) atoms. The van der Waals surface area contributed by atoms with Gasteiger partial charge in [-0.1, -0.05) is 30.3 Å². The van der Waals surface area contributed by atoms with Gasteiger partial charge in [-0.05, 0) is 37.6 Å². The molecule has 0 saturated carbocycles. The highest BCUT2D eigenvalue weighted by Crippen LogP contribution is 2.24. The minimum atomic E-state index is -0.453. The number of nitrogens with zero attached hydrogens (tertiary/aromatic N) is 2. The maximum Gasteiger partial charge on any atom is 0.226 e. The molecule has 1 aliphatic heterocycles. The van der Waals surface area contributed by atoms with Crippen LogP contribution in [0, 0.1) is 6.92 Å². The van der Waals surface area contributed by atoms with Gasteiger partial charge in [-0.3, -0.25) is 10.1 Å². The number of hydrogen-bond acceptors (Lipinski definition) is 6. The number of nitrogens with one attached hydrogen (secondary N) is 3. The molecule has 1 fully saturated rings. The number of aromatic nitrogens is 2. The fourth-order valence-electron chi connectivity index (χ4n) is 3.39. The SMILES string of the molecule is CCOc1ccc2nc(NC3NC(=O)CC(c4ccccc4)N3)nc(C)c2c1. The number of benzene rings is 2. The third kappa shape index (κ3) is 3.89. The predicted molar refractivity (Wildman–Crippen MR) is 108 cm³/mol. The van der Waals surface area contributed by atoms with Crippen molar-refractivity contribution in [3.8, 4) is 5.75 Å². The second-order valence-corrected chi connectivity index (χ2v) is 6.72. The lowest BCUT2D eigenvalue weighted by molar-refractivity contribution is -0.124. The van der Waals surface area contributed by atoms with Crippen molar-refractivity contribution in [3.63, 3.8) is 0 Å². The Labute approximate surface area is 163 Å². The first-order chi connectivity index (χ1) is 13.6. The molecule has 1 aliphatic rings. The largest absolute Gasteiger partial charge is 0.494 e. The van der Waals surface area contributed by atoms with E-state index in [0.29, 0.717) is 19.0 Å². The van der Waals surface area contributed by atoms with Gasteiger partial charge in [-0.25, -0.2) is 9.97 Å². The predicted octanol–water partition coefficient (Wildman–Crippen LogP) is 2.88. The number of rotatable bonds is 5. The molecule has 3 aromatic rings. The molecule has 2 heterocycles. The molecule has 2 unspecified atom stereocenters. The first kappa shape index (κ1) is 18.2. The number of ether oxygens (including phenoxy) is 1. The van der Waals surface area contributed by atoms with Crippen molar-refractivity contribution in [2.75, 3.05) is 11.9 Å². The highest BCUT2D eigenvalue weighted by Gasteiger charge is 2.27. The summed E-state index contributed by atoms with van der Waals surface area (Å²) in [5.41, 5.74) is 2.74. The van der Waals surface area contributed by atoms with Gasteiger partial charge in [0, 0.05) is 17.8 Å². The van der Waals surface area contributed by atoms with E-state index in [-0.39, 0.29) is 11.9 Å². The van der Waals surface area contributed by atoms with Crippen LogP contribution in [0.4, 0.5) is 5.95 Å². The average molecular weight is 377 g/mol. The minimum absolute atomic E-state index is 0.0241. The quantitative estimate of drug-likeness (QED) is 0.634. The molecule has 0 radical (unpaired) electrons. The van der Waals surface area contributed by atoms with Gasteiger partial charge in [0.25, 0.3) is 0 Å². The van der Waals surface area contributed by atoms with E-state index in [1.807, 2.05) is 62.4 Å². The van der Waals surface area contributed by atoms with Gasteiger partial charge in [-0.2, -0.15) is 0 Å². The van der Waals surface area contributed by atoms with Gasteiger partial charge in [0.15, 0.2) is 6.29 Å². The van der Waals surface area contributed by atoms with Crippen molar-refractivity contribution in [1.29, 1.82) is 0 Å². The summed E-state index contributed by atoms with van der Waals surface area (Å²) >= 11 is 0. The second kappa shape index (κ2) is 7.82. The zero-order valence-electron chi connectivity index (χ0n) is 15.9. The van der Waals surface area contributed by atoms with Crippen LogP contribution in [-0.2, 0) is 4.79 Å². The Kier molecular flexibility index (Phi) is 5.08. The van der Waals surface area contributed by atoms with Crippen molar-refractivity contribution in [3.05, 3.63) is 59.8 Å². The summed E-state index contributed by atoms with van der Waals surface area (Å²) in [6, 6.07) is 15.6. The summed E-state index contributed by atoms with van der Waals surface area (Å²) in [5.74, 6) is 1.24. The summed E-state index contributed by atoms with van der Waals surface area (Å²) in [5, 5.41) is 10.4. The summed E-state index contributed by atoms with van der Waals surface area (Å²) in [4.78, 5) is 21.3. The van der Waals surface area contributed by atoms with Crippen LogP contribution in [0.1, 0.15) is 30.6 Å². The van der Waals surface area contributed by atoms with E-state index in [2.05, 4.69) is 25.9 Å². The van der Waals surface area contributed by atoms with Crippen LogP contribution in [0.2, 0.25) is 0 Å². The molecule has 0 bridgehead atoms. The Balaban J connectivity index is 1.55. The van der Waals surface area contributed by atoms with Crippen LogP contribution >= 0.6 is 0 Å². The molecular weight excluding hydrogens is 354 g/mol. The minimum Gasteiger partial charge on any atom is -0.494 e. The number of hydrogen-bond donors (Lipinski definition) is 3. The molecule has 0 spiro atoms. The standard InChI is InChI=1S/C21H23N5O2/c1-3-28-15-9-10-17-16(11-15)13(2)22-20(23-17)26-21-24-18(12-19(27)25-21)14-7-5-4-6-8-14/h4-11,18,21,24H,3,12H2,1-2H3,(H,25,27)(H,22,23,26). The third-order valence-corrected chi connectivity index (χ3v) is 4.71. The highest BCUT2D eigenvalue weighted by molar-refractivity contribution is 5.83.